The van der Waals surface area contributed by atoms with Gasteiger partial charge < -0.3 is 10.2 Å². The molecule has 2 aromatic rings. The highest BCUT2D eigenvalue weighted by Gasteiger charge is 2.34. The fourth-order valence-electron chi connectivity index (χ4n) is 3.08. The Bertz CT molecular complexity index is 823. The predicted molar refractivity (Wildman–Crippen MR) is 102 cm³/mol. The van der Waals surface area contributed by atoms with Gasteiger partial charge in [-0.05, 0) is 54.8 Å². The first-order chi connectivity index (χ1) is 12.4. The molecule has 3 rings (SSSR count). The minimum atomic E-state index is -0.348. The summed E-state index contributed by atoms with van der Waals surface area (Å²) in [7, 11) is 0. The standard InChI is InChI=1S/C20H20BrFN2O2/c1-13-10-16(21)4-7-18(13)23-20(26)15-11-19(25)24(12-15)9-8-14-2-5-17(22)6-3-14/h2-7,10,15H,8-9,11-12H2,1H3,(H,23,26)/t15-/m1/s1. The molecule has 1 N–H and O–H groups in total. The van der Waals surface area contributed by atoms with Gasteiger partial charge in [-0.3, -0.25) is 9.59 Å². The molecule has 0 radical (unpaired) electrons. The van der Waals surface area contributed by atoms with Crippen LogP contribution in [0.2, 0.25) is 0 Å². The van der Waals surface area contributed by atoms with Gasteiger partial charge in [0, 0.05) is 29.7 Å². The molecule has 0 aromatic heterocycles. The summed E-state index contributed by atoms with van der Waals surface area (Å²) in [6.45, 7) is 2.88. The molecular weight excluding hydrogens is 399 g/mol. The first-order valence-corrected chi connectivity index (χ1v) is 9.31. The lowest BCUT2D eigenvalue weighted by Crippen LogP contribution is -2.30. The number of aryl methyl sites for hydroxylation is 1. The van der Waals surface area contributed by atoms with Gasteiger partial charge in [0.1, 0.15) is 5.82 Å². The minimum absolute atomic E-state index is 0.0141. The lowest BCUT2D eigenvalue weighted by atomic mass is 10.1. The molecule has 6 heteroatoms. The van der Waals surface area contributed by atoms with Crippen molar-refractivity contribution in [2.75, 3.05) is 18.4 Å². The molecule has 4 nitrogen and oxygen atoms in total. The number of rotatable bonds is 5. The number of halogens is 2. The zero-order valence-electron chi connectivity index (χ0n) is 14.5. The van der Waals surface area contributed by atoms with Crippen molar-refractivity contribution >= 4 is 33.4 Å². The molecule has 1 aliphatic rings. The van der Waals surface area contributed by atoms with Crippen molar-refractivity contribution < 1.29 is 14.0 Å². The molecule has 1 atom stereocenters. The van der Waals surface area contributed by atoms with Crippen LogP contribution < -0.4 is 5.32 Å². The molecule has 136 valence electrons. The van der Waals surface area contributed by atoms with Crippen LogP contribution >= 0.6 is 15.9 Å². The van der Waals surface area contributed by atoms with Gasteiger partial charge in [-0.1, -0.05) is 28.1 Å². The van der Waals surface area contributed by atoms with Crippen molar-refractivity contribution in [1.82, 2.24) is 4.90 Å². The Morgan fingerprint density at radius 1 is 1.27 bits per heavy atom. The fourth-order valence-corrected chi connectivity index (χ4v) is 3.56. The lowest BCUT2D eigenvalue weighted by molar-refractivity contribution is -0.128. The molecule has 0 aliphatic carbocycles. The number of anilines is 1. The monoisotopic (exact) mass is 418 g/mol. The molecular formula is C20H20BrFN2O2. The zero-order valence-corrected chi connectivity index (χ0v) is 16.1. The topological polar surface area (TPSA) is 49.4 Å². The first-order valence-electron chi connectivity index (χ1n) is 8.51. The molecule has 2 amide bonds. The van der Waals surface area contributed by atoms with E-state index in [2.05, 4.69) is 21.2 Å². The number of nitrogens with zero attached hydrogens (tertiary/aromatic N) is 1. The van der Waals surface area contributed by atoms with Crippen LogP contribution in [0.4, 0.5) is 10.1 Å². The van der Waals surface area contributed by atoms with E-state index >= 15 is 0 Å². The maximum absolute atomic E-state index is 12.9. The van der Waals surface area contributed by atoms with Crippen molar-refractivity contribution in [3.05, 3.63) is 63.9 Å². The first kappa shape index (κ1) is 18.6. The van der Waals surface area contributed by atoms with E-state index in [9.17, 15) is 14.0 Å². The summed E-state index contributed by atoms with van der Waals surface area (Å²) in [5.41, 5.74) is 2.69. The van der Waals surface area contributed by atoms with Crippen LogP contribution in [0.15, 0.2) is 46.9 Å². The summed E-state index contributed by atoms with van der Waals surface area (Å²) in [6.07, 6.45) is 0.872. The Morgan fingerprint density at radius 3 is 2.69 bits per heavy atom. The Balaban J connectivity index is 1.56. The van der Waals surface area contributed by atoms with Crippen molar-refractivity contribution in [2.45, 2.75) is 19.8 Å². The van der Waals surface area contributed by atoms with Crippen LogP contribution in [0, 0.1) is 18.7 Å². The highest BCUT2D eigenvalue weighted by atomic mass is 79.9. The second-order valence-corrected chi connectivity index (χ2v) is 7.48. The van der Waals surface area contributed by atoms with E-state index in [0.29, 0.717) is 19.5 Å². The molecule has 26 heavy (non-hydrogen) atoms. The van der Waals surface area contributed by atoms with Gasteiger partial charge in [0.05, 0.1) is 5.92 Å². The quantitative estimate of drug-likeness (QED) is 0.799. The number of carbonyl (C=O) groups excluding carboxylic acids is 2. The Kier molecular flexibility index (Phi) is 5.71. The van der Waals surface area contributed by atoms with Gasteiger partial charge in [0.15, 0.2) is 0 Å². The lowest BCUT2D eigenvalue weighted by Gasteiger charge is -2.17. The fraction of sp³-hybridized carbons (Fsp3) is 0.300. The molecule has 0 spiro atoms. The highest BCUT2D eigenvalue weighted by molar-refractivity contribution is 9.10. The summed E-state index contributed by atoms with van der Waals surface area (Å²) in [5, 5.41) is 2.92. The van der Waals surface area contributed by atoms with Crippen LogP contribution in [0.3, 0.4) is 0 Å². The summed E-state index contributed by atoms with van der Waals surface area (Å²) in [5.74, 6) is -0.766. The number of carbonyl (C=O) groups is 2. The van der Waals surface area contributed by atoms with Crippen LogP contribution in [-0.4, -0.2) is 29.8 Å². The van der Waals surface area contributed by atoms with E-state index in [1.54, 1.807) is 17.0 Å². The molecule has 1 fully saturated rings. The van der Waals surface area contributed by atoms with E-state index in [1.165, 1.54) is 12.1 Å². The SMILES string of the molecule is Cc1cc(Br)ccc1NC(=O)[C@@H]1CC(=O)N(CCc2ccc(F)cc2)C1. The van der Waals surface area contributed by atoms with E-state index < -0.39 is 0 Å². The van der Waals surface area contributed by atoms with Crippen molar-refractivity contribution in [1.29, 1.82) is 0 Å². The van der Waals surface area contributed by atoms with Gasteiger partial charge in [-0.15, -0.1) is 0 Å². The van der Waals surface area contributed by atoms with E-state index in [4.69, 9.17) is 0 Å². The van der Waals surface area contributed by atoms with Crippen LogP contribution in [0.5, 0.6) is 0 Å². The largest absolute Gasteiger partial charge is 0.342 e. The van der Waals surface area contributed by atoms with Crippen molar-refractivity contribution in [3.8, 4) is 0 Å². The van der Waals surface area contributed by atoms with Gasteiger partial charge in [0.25, 0.3) is 0 Å². The molecule has 1 aliphatic heterocycles. The highest BCUT2D eigenvalue weighted by Crippen LogP contribution is 2.23. The Morgan fingerprint density at radius 2 is 2.00 bits per heavy atom. The molecule has 2 aromatic carbocycles. The average molecular weight is 419 g/mol. The summed E-state index contributed by atoms with van der Waals surface area (Å²) in [4.78, 5) is 26.4. The summed E-state index contributed by atoms with van der Waals surface area (Å²) in [6, 6.07) is 11.9. The Labute approximate surface area is 160 Å². The second-order valence-electron chi connectivity index (χ2n) is 6.57. The number of benzene rings is 2. The van der Waals surface area contributed by atoms with Crippen molar-refractivity contribution in [2.24, 2.45) is 5.92 Å². The van der Waals surface area contributed by atoms with Gasteiger partial charge in [-0.2, -0.15) is 0 Å². The van der Waals surface area contributed by atoms with E-state index in [-0.39, 0.29) is 30.0 Å². The second kappa shape index (κ2) is 7.99. The normalized spacial score (nSPS) is 16.8. The summed E-state index contributed by atoms with van der Waals surface area (Å²) < 4.78 is 13.9. The number of amides is 2. The molecule has 1 heterocycles. The van der Waals surface area contributed by atoms with Crippen LogP contribution in [-0.2, 0) is 16.0 Å². The predicted octanol–water partition coefficient (Wildman–Crippen LogP) is 3.93. The van der Waals surface area contributed by atoms with Gasteiger partial charge in [-0.25, -0.2) is 4.39 Å². The maximum atomic E-state index is 12.9. The van der Waals surface area contributed by atoms with Crippen molar-refractivity contribution in [3.63, 3.8) is 0 Å². The maximum Gasteiger partial charge on any atom is 0.229 e. The van der Waals surface area contributed by atoms with Crippen LogP contribution in [0.25, 0.3) is 0 Å². The summed E-state index contributed by atoms with van der Waals surface area (Å²) >= 11 is 3.40. The zero-order chi connectivity index (χ0) is 18.7. The van der Waals surface area contributed by atoms with Gasteiger partial charge in [0.2, 0.25) is 11.8 Å². The molecule has 0 saturated carbocycles. The number of hydrogen-bond acceptors (Lipinski definition) is 2. The van der Waals surface area contributed by atoms with Gasteiger partial charge >= 0.3 is 0 Å². The van der Waals surface area contributed by atoms with E-state index in [0.717, 1.165) is 21.3 Å². The minimum Gasteiger partial charge on any atom is -0.342 e. The molecule has 0 unspecified atom stereocenters. The number of hydrogen-bond donors (Lipinski definition) is 1. The third-order valence-corrected chi connectivity index (χ3v) is 5.11. The third-order valence-electron chi connectivity index (χ3n) is 4.62. The molecule has 1 saturated heterocycles. The molecule has 0 bridgehead atoms. The van der Waals surface area contributed by atoms with E-state index in [1.807, 2.05) is 25.1 Å². The Hall–Kier alpha value is -2.21. The third kappa shape index (κ3) is 4.49. The van der Waals surface area contributed by atoms with Crippen LogP contribution in [0.1, 0.15) is 17.5 Å². The number of likely N-dealkylation sites (tertiary alicyclic amines) is 1. The smallest absolute Gasteiger partial charge is 0.229 e. The number of nitrogens with one attached hydrogen (secondary N) is 1. The average Bonchev–Trinajstić information content (AvgIpc) is 2.98.